The zero-order valence-corrected chi connectivity index (χ0v) is 16.2. The SMILES string of the molecule is CCC1CN(S(=O)(=O)c2cc(Br)c(C)cc2Br)CCS1. The van der Waals surface area contributed by atoms with E-state index in [0.29, 0.717) is 27.7 Å². The molecule has 0 aromatic heterocycles. The smallest absolute Gasteiger partial charge is 0.207 e. The maximum Gasteiger partial charge on any atom is 0.244 e. The number of hydrogen-bond acceptors (Lipinski definition) is 3. The van der Waals surface area contributed by atoms with Crippen LogP contribution in [0.3, 0.4) is 0 Å². The maximum absolute atomic E-state index is 12.8. The first-order valence-corrected chi connectivity index (χ1v) is 10.5. The lowest BCUT2D eigenvalue weighted by Gasteiger charge is -2.31. The molecule has 0 saturated carbocycles. The van der Waals surface area contributed by atoms with Gasteiger partial charge in [0.2, 0.25) is 10.0 Å². The van der Waals surface area contributed by atoms with E-state index in [1.165, 1.54) is 0 Å². The maximum atomic E-state index is 12.8. The van der Waals surface area contributed by atoms with Crippen molar-refractivity contribution in [3.63, 3.8) is 0 Å². The molecule has 0 spiro atoms. The van der Waals surface area contributed by atoms with Gasteiger partial charge in [-0.05, 0) is 47.0 Å². The third-order valence-electron chi connectivity index (χ3n) is 3.39. The van der Waals surface area contributed by atoms with Gasteiger partial charge in [-0.2, -0.15) is 16.1 Å². The van der Waals surface area contributed by atoms with Crippen LogP contribution in [0.1, 0.15) is 18.9 Å². The molecule has 1 atom stereocenters. The third-order valence-corrected chi connectivity index (χ3v) is 8.44. The van der Waals surface area contributed by atoms with E-state index in [0.717, 1.165) is 22.2 Å². The van der Waals surface area contributed by atoms with Gasteiger partial charge in [-0.1, -0.05) is 22.9 Å². The van der Waals surface area contributed by atoms with Crippen molar-refractivity contribution in [1.29, 1.82) is 0 Å². The number of rotatable bonds is 3. The summed E-state index contributed by atoms with van der Waals surface area (Å²) in [4.78, 5) is 0.344. The molecule has 1 saturated heterocycles. The van der Waals surface area contributed by atoms with E-state index in [-0.39, 0.29) is 0 Å². The fourth-order valence-corrected chi connectivity index (χ4v) is 6.64. The molecule has 0 aliphatic carbocycles. The van der Waals surface area contributed by atoms with Crippen molar-refractivity contribution in [2.45, 2.75) is 30.4 Å². The topological polar surface area (TPSA) is 37.4 Å². The molecule has 0 N–H and O–H groups in total. The summed E-state index contributed by atoms with van der Waals surface area (Å²) >= 11 is 8.66. The summed E-state index contributed by atoms with van der Waals surface area (Å²) in [6, 6.07) is 3.53. The van der Waals surface area contributed by atoms with Gasteiger partial charge in [-0.3, -0.25) is 0 Å². The van der Waals surface area contributed by atoms with Crippen molar-refractivity contribution < 1.29 is 8.42 Å². The van der Waals surface area contributed by atoms with Crippen molar-refractivity contribution in [3.8, 4) is 0 Å². The molecule has 1 heterocycles. The molecule has 2 rings (SSSR count). The van der Waals surface area contributed by atoms with Crippen molar-refractivity contribution >= 4 is 53.6 Å². The van der Waals surface area contributed by atoms with Gasteiger partial charge in [0.05, 0.1) is 4.90 Å². The first-order chi connectivity index (χ1) is 9.36. The average molecular weight is 443 g/mol. The monoisotopic (exact) mass is 441 g/mol. The van der Waals surface area contributed by atoms with Crippen LogP contribution in [0.5, 0.6) is 0 Å². The van der Waals surface area contributed by atoms with Crippen molar-refractivity contribution in [2.24, 2.45) is 0 Å². The van der Waals surface area contributed by atoms with Gasteiger partial charge in [0.25, 0.3) is 0 Å². The lowest BCUT2D eigenvalue weighted by Crippen LogP contribution is -2.41. The van der Waals surface area contributed by atoms with Crippen molar-refractivity contribution in [2.75, 3.05) is 18.8 Å². The molecule has 0 bridgehead atoms. The summed E-state index contributed by atoms with van der Waals surface area (Å²) in [6.07, 6.45) is 0.995. The molecule has 112 valence electrons. The predicted molar refractivity (Wildman–Crippen MR) is 91.9 cm³/mol. The molecule has 3 nitrogen and oxygen atoms in total. The van der Waals surface area contributed by atoms with Crippen LogP contribution in [0.15, 0.2) is 26.0 Å². The Hall–Kier alpha value is 0.440. The highest BCUT2D eigenvalue weighted by atomic mass is 79.9. The van der Waals surface area contributed by atoms with Crippen LogP contribution < -0.4 is 0 Å². The molecular formula is C13H17Br2NO2S2. The normalized spacial score (nSPS) is 21.1. The van der Waals surface area contributed by atoms with E-state index in [4.69, 9.17) is 0 Å². The molecule has 1 aromatic rings. The fourth-order valence-electron chi connectivity index (χ4n) is 2.12. The molecule has 1 aliphatic rings. The largest absolute Gasteiger partial charge is 0.244 e. The third kappa shape index (κ3) is 3.43. The second-order valence-corrected chi connectivity index (χ2v) is 9.82. The van der Waals surface area contributed by atoms with Crippen LogP contribution >= 0.6 is 43.6 Å². The van der Waals surface area contributed by atoms with E-state index in [1.807, 2.05) is 24.8 Å². The van der Waals surface area contributed by atoms with E-state index in [2.05, 4.69) is 38.8 Å². The van der Waals surface area contributed by atoms with Gasteiger partial charge in [-0.25, -0.2) is 8.42 Å². The molecule has 0 radical (unpaired) electrons. The van der Waals surface area contributed by atoms with Gasteiger partial charge in [0, 0.05) is 33.0 Å². The lowest BCUT2D eigenvalue weighted by molar-refractivity contribution is 0.415. The highest BCUT2D eigenvalue weighted by Crippen LogP contribution is 2.33. The molecule has 7 heteroatoms. The Morgan fingerprint density at radius 1 is 1.35 bits per heavy atom. The zero-order valence-electron chi connectivity index (χ0n) is 11.4. The lowest BCUT2D eigenvalue weighted by atomic mass is 10.2. The summed E-state index contributed by atoms with van der Waals surface area (Å²) in [5.74, 6) is 0.863. The number of benzene rings is 1. The molecule has 1 fully saturated rings. The first-order valence-electron chi connectivity index (χ1n) is 6.43. The van der Waals surface area contributed by atoms with Crippen LogP contribution in [-0.2, 0) is 10.0 Å². The van der Waals surface area contributed by atoms with Gasteiger partial charge in [-0.15, -0.1) is 0 Å². The molecular weight excluding hydrogens is 426 g/mol. The number of hydrogen-bond donors (Lipinski definition) is 0. The Bertz CT molecular complexity index is 605. The van der Waals surface area contributed by atoms with Crippen molar-refractivity contribution in [3.05, 3.63) is 26.6 Å². The van der Waals surface area contributed by atoms with E-state index < -0.39 is 10.0 Å². The highest BCUT2D eigenvalue weighted by molar-refractivity contribution is 9.11. The standard InChI is InChI=1S/C13H17Br2NO2S2/c1-3-10-8-16(4-5-19-10)20(17,18)13-7-11(14)9(2)6-12(13)15/h6-7,10H,3-5,8H2,1-2H3. The summed E-state index contributed by atoms with van der Waals surface area (Å²) in [5, 5.41) is 0.395. The van der Waals surface area contributed by atoms with Crippen LogP contribution in [-0.4, -0.2) is 36.8 Å². The summed E-state index contributed by atoms with van der Waals surface area (Å²) in [6.45, 7) is 5.23. The quantitative estimate of drug-likeness (QED) is 0.708. The molecule has 1 aromatic carbocycles. The average Bonchev–Trinajstić information content (AvgIpc) is 2.42. The van der Waals surface area contributed by atoms with Crippen molar-refractivity contribution in [1.82, 2.24) is 4.31 Å². The van der Waals surface area contributed by atoms with E-state index in [9.17, 15) is 8.42 Å². The number of thioether (sulfide) groups is 1. The van der Waals surface area contributed by atoms with Gasteiger partial charge >= 0.3 is 0 Å². The molecule has 1 unspecified atom stereocenters. The summed E-state index contributed by atoms with van der Waals surface area (Å²) in [5.41, 5.74) is 1.01. The molecule has 20 heavy (non-hydrogen) atoms. The van der Waals surface area contributed by atoms with E-state index in [1.54, 1.807) is 10.4 Å². The first kappa shape index (κ1) is 16.8. The Labute approximate surface area is 141 Å². The van der Waals surface area contributed by atoms with Gasteiger partial charge in [0.1, 0.15) is 0 Å². The minimum absolute atomic E-state index is 0.344. The number of halogens is 2. The molecule has 1 aliphatic heterocycles. The second kappa shape index (κ2) is 6.69. The van der Waals surface area contributed by atoms with Crippen LogP contribution in [0.4, 0.5) is 0 Å². The number of aryl methyl sites for hydroxylation is 1. The minimum atomic E-state index is -3.43. The van der Waals surface area contributed by atoms with Gasteiger partial charge in [0.15, 0.2) is 0 Å². The van der Waals surface area contributed by atoms with Crippen LogP contribution in [0.2, 0.25) is 0 Å². The van der Waals surface area contributed by atoms with Gasteiger partial charge < -0.3 is 0 Å². The number of sulfonamides is 1. The second-order valence-electron chi connectivity index (χ2n) is 4.80. The molecule has 0 amide bonds. The summed E-state index contributed by atoms with van der Waals surface area (Å²) in [7, 11) is -3.43. The summed E-state index contributed by atoms with van der Waals surface area (Å²) < 4.78 is 28.7. The Kier molecular flexibility index (Phi) is 5.62. The van der Waals surface area contributed by atoms with Crippen LogP contribution in [0, 0.1) is 6.92 Å². The number of nitrogens with zero attached hydrogens (tertiary/aromatic N) is 1. The Balaban J connectivity index is 2.37. The van der Waals surface area contributed by atoms with E-state index >= 15 is 0 Å². The zero-order chi connectivity index (χ0) is 14.9. The van der Waals surface area contributed by atoms with Crippen LogP contribution in [0.25, 0.3) is 0 Å². The Morgan fingerprint density at radius 2 is 2.05 bits per heavy atom. The Morgan fingerprint density at radius 3 is 2.70 bits per heavy atom. The minimum Gasteiger partial charge on any atom is -0.207 e. The predicted octanol–water partition coefficient (Wildman–Crippen LogP) is 4.04. The fraction of sp³-hybridized carbons (Fsp3) is 0.538. The highest BCUT2D eigenvalue weighted by Gasteiger charge is 2.31.